The van der Waals surface area contributed by atoms with E-state index in [4.69, 9.17) is 19.2 Å². The van der Waals surface area contributed by atoms with Crippen LogP contribution in [-0.2, 0) is 9.47 Å². The van der Waals surface area contributed by atoms with Crippen LogP contribution in [0, 0.1) is 16.7 Å². The average molecular weight is 445 g/mol. The number of methoxy groups -OCH3 is 1. The van der Waals surface area contributed by atoms with Crippen LogP contribution in [0.2, 0.25) is 0 Å². The van der Waals surface area contributed by atoms with Crippen LogP contribution in [-0.4, -0.2) is 31.0 Å². The third-order valence-corrected chi connectivity index (χ3v) is 6.28. The second kappa shape index (κ2) is 12.8. The molecule has 0 radical (unpaired) electrons. The van der Waals surface area contributed by atoms with Crippen molar-refractivity contribution in [3.8, 4) is 6.07 Å². The van der Waals surface area contributed by atoms with Crippen molar-refractivity contribution in [1.29, 1.82) is 5.26 Å². The first-order chi connectivity index (χ1) is 15.3. The average Bonchev–Trinajstić information content (AvgIpc) is 3.10. The first-order valence-electron chi connectivity index (χ1n) is 12.0. The van der Waals surface area contributed by atoms with Crippen molar-refractivity contribution >= 4 is 11.1 Å². The molecule has 0 aliphatic heterocycles. The summed E-state index contributed by atoms with van der Waals surface area (Å²) < 4.78 is 17.6. The predicted octanol–water partition coefficient (Wildman–Crippen LogP) is 6.23. The Labute approximate surface area is 192 Å². The Morgan fingerprint density at radius 2 is 1.84 bits per heavy atom. The number of ether oxygens (including phenoxy) is 2. The van der Waals surface area contributed by atoms with E-state index in [1.165, 1.54) is 25.7 Å². The maximum atomic E-state index is 12.0. The van der Waals surface area contributed by atoms with E-state index in [0.29, 0.717) is 22.7 Å². The van der Waals surface area contributed by atoms with E-state index in [1.54, 1.807) is 29.9 Å². The monoisotopic (exact) mass is 444 g/mol. The zero-order valence-electron chi connectivity index (χ0n) is 20.5. The molecule has 0 amide bonds. The number of oxazole rings is 1. The molecule has 3 rings (SSSR count). The molecule has 6 nitrogen and oxygen atoms in total. The normalized spacial score (nSPS) is 16.0. The number of benzene rings is 1. The summed E-state index contributed by atoms with van der Waals surface area (Å²) in [5, 5.41) is 8.97. The van der Waals surface area contributed by atoms with E-state index in [0.717, 1.165) is 44.4 Å². The van der Waals surface area contributed by atoms with Crippen LogP contribution in [0.3, 0.4) is 0 Å². The first-order valence-corrected chi connectivity index (χ1v) is 12.0. The van der Waals surface area contributed by atoms with E-state index in [2.05, 4.69) is 33.8 Å². The SMILES string of the molecule is CCCC(CCC)n1c(=O)oc2ccc(C#N)cc21.COCCOC1CCC(C)(C)CC1. The van der Waals surface area contributed by atoms with E-state index in [-0.39, 0.29) is 11.8 Å². The summed E-state index contributed by atoms with van der Waals surface area (Å²) in [7, 11) is 1.72. The van der Waals surface area contributed by atoms with Crippen molar-refractivity contribution < 1.29 is 13.9 Å². The van der Waals surface area contributed by atoms with Crippen LogP contribution in [0.25, 0.3) is 11.1 Å². The van der Waals surface area contributed by atoms with Gasteiger partial charge in [-0.05, 0) is 62.1 Å². The minimum absolute atomic E-state index is 0.151. The van der Waals surface area contributed by atoms with Gasteiger partial charge in [0.25, 0.3) is 0 Å². The highest BCUT2D eigenvalue weighted by atomic mass is 16.5. The second-order valence-corrected chi connectivity index (χ2v) is 9.49. The minimum Gasteiger partial charge on any atom is -0.408 e. The zero-order valence-corrected chi connectivity index (χ0v) is 20.5. The molecule has 0 saturated heterocycles. The number of nitriles is 1. The van der Waals surface area contributed by atoms with Crippen LogP contribution >= 0.6 is 0 Å². The number of hydrogen-bond donors (Lipinski definition) is 0. The molecule has 1 saturated carbocycles. The van der Waals surface area contributed by atoms with Gasteiger partial charge >= 0.3 is 5.76 Å². The molecule has 0 atom stereocenters. The fraction of sp³-hybridized carbons (Fsp3) is 0.692. The highest BCUT2D eigenvalue weighted by Crippen LogP contribution is 2.36. The van der Waals surface area contributed by atoms with Crippen molar-refractivity contribution in [2.45, 2.75) is 91.2 Å². The van der Waals surface area contributed by atoms with Gasteiger partial charge in [-0.25, -0.2) is 4.79 Å². The molecule has 1 aromatic heterocycles. The fourth-order valence-electron chi connectivity index (χ4n) is 4.36. The lowest BCUT2D eigenvalue weighted by atomic mass is 9.76. The molecule has 1 aliphatic rings. The molecule has 1 aromatic carbocycles. The van der Waals surface area contributed by atoms with E-state index < -0.39 is 0 Å². The summed E-state index contributed by atoms with van der Waals surface area (Å²) in [5.41, 5.74) is 2.38. The van der Waals surface area contributed by atoms with Gasteiger partial charge in [0.05, 0.1) is 36.5 Å². The highest BCUT2D eigenvalue weighted by molar-refractivity contribution is 5.75. The molecule has 1 aliphatic carbocycles. The van der Waals surface area contributed by atoms with Crippen molar-refractivity contribution in [2.24, 2.45) is 5.41 Å². The Hall–Kier alpha value is -2.10. The molecule has 2 aromatic rings. The maximum absolute atomic E-state index is 12.0. The van der Waals surface area contributed by atoms with Crippen LogP contribution in [0.5, 0.6) is 0 Å². The summed E-state index contributed by atoms with van der Waals surface area (Å²) in [5.74, 6) is -0.322. The van der Waals surface area contributed by atoms with E-state index in [1.807, 2.05) is 0 Å². The first kappa shape index (κ1) is 26.2. The van der Waals surface area contributed by atoms with Crippen molar-refractivity contribution in [3.05, 3.63) is 34.3 Å². The molecule has 0 spiro atoms. The van der Waals surface area contributed by atoms with Crippen molar-refractivity contribution in [1.82, 2.24) is 4.57 Å². The van der Waals surface area contributed by atoms with Crippen LogP contribution in [0.1, 0.15) is 90.7 Å². The molecule has 32 heavy (non-hydrogen) atoms. The Kier molecular flexibility index (Phi) is 10.5. The molecule has 6 heteroatoms. The Morgan fingerprint density at radius 1 is 1.19 bits per heavy atom. The number of nitrogens with zero attached hydrogens (tertiary/aromatic N) is 2. The number of rotatable bonds is 9. The third kappa shape index (κ3) is 7.50. The Morgan fingerprint density at radius 3 is 2.41 bits per heavy atom. The van der Waals surface area contributed by atoms with Crippen LogP contribution in [0.4, 0.5) is 0 Å². The standard InChI is InChI=1S/C15H18N2O2.C11H22O2/c1-3-5-12(6-4-2)17-13-9-11(10-16)7-8-14(13)19-15(17)18;1-11(2)6-4-10(5-7-11)13-9-8-12-3/h7-9,12H,3-6H2,1-2H3;10H,4-9H2,1-3H3. The second-order valence-electron chi connectivity index (χ2n) is 9.49. The molecule has 0 N–H and O–H groups in total. The lowest BCUT2D eigenvalue weighted by Gasteiger charge is -2.34. The number of aromatic nitrogens is 1. The van der Waals surface area contributed by atoms with Gasteiger partial charge in [-0.3, -0.25) is 4.57 Å². The molecular formula is C26H40N2O4. The van der Waals surface area contributed by atoms with Gasteiger partial charge in [-0.1, -0.05) is 40.5 Å². The zero-order chi connectivity index (χ0) is 23.6. The fourth-order valence-corrected chi connectivity index (χ4v) is 4.36. The largest absolute Gasteiger partial charge is 0.420 e. The van der Waals surface area contributed by atoms with Crippen LogP contribution < -0.4 is 5.76 Å². The molecule has 0 bridgehead atoms. The summed E-state index contributed by atoms with van der Waals surface area (Å²) in [6.45, 7) is 10.4. The van der Waals surface area contributed by atoms with Gasteiger partial charge < -0.3 is 13.9 Å². The molecular weight excluding hydrogens is 404 g/mol. The number of fused-ring (bicyclic) bond motifs is 1. The highest BCUT2D eigenvalue weighted by Gasteiger charge is 2.26. The topological polar surface area (TPSA) is 77.4 Å². The quantitative estimate of drug-likeness (QED) is 0.429. The van der Waals surface area contributed by atoms with E-state index >= 15 is 0 Å². The molecule has 1 heterocycles. The molecule has 178 valence electrons. The molecule has 1 fully saturated rings. The number of hydrogen-bond acceptors (Lipinski definition) is 5. The smallest absolute Gasteiger partial charge is 0.408 e. The van der Waals surface area contributed by atoms with Crippen molar-refractivity contribution in [2.75, 3.05) is 20.3 Å². The van der Waals surface area contributed by atoms with Gasteiger partial charge in [0, 0.05) is 13.2 Å². The summed E-state index contributed by atoms with van der Waals surface area (Å²) in [6, 6.07) is 7.35. The Bertz CT molecular complexity index is 906. The predicted molar refractivity (Wildman–Crippen MR) is 128 cm³/mol. The van der Waals surface area contributed by atoms with E-state index in [9.17, 15) is 4.79 Å². The van der Waals surface area contributed by atoms with Gasteiger partial charge in [0.2, 0.25) is 0 Å². The van der Waals surface area contributed by atoms with Crippen molar-refractivity contribution in [3.63, 3.8) is 0 Å². The minimum atomic E-state index is -0.322. The third-order valence-electron chi connectivity index (χ3n) is 6.28. The van der Waals surface area contributed by atoms with Crippen LogP contribution in [0.15, 0.2) is 27.4 Å². The summed E-state index contributed by atoms with van der Waals surface area (Å²) in [4.78, 5) is 12.0. The van der Waals surface area contributed by atoms with Gasteiger partial charge in [-0.2, -0.15) is 5.26 Å². The van der Waals surface area contributed by atoms with Gasteiger partial charge in [0.15, 0.2) is 5.58 Å². The van der Waals surface area contributed by atoms with Gasteiger partial charge in [-0.15, -0.1) is 0 Å². The maximum Gasteiger partial charge on any atom is 0.420 e. The summed E-state index contributed by atoms with van der Waals surface area (Å²) >= 11 is 0. The Balaban J connectivity index is 0.000000244. The lowest BCUT2D eigenvalue weighted by Crippen LogP contribution is -2.27. The lowest BCUT2D eigenvalue weighted by molar-refractivity contribution is -0.0173. The summed E-state index contributed by atoms with van der Waals surface area (Å²) in [6.07, 6.45) is 9.44. The van der Waals surface area contributed by atoms with Gasteiger partial charge in [0.1, 0.15) is 0 Å². The molecule has 0 unspecified atom stereocenters.